The largest absolute Gasteiger partial charge is 0.368 e. The zero-order chi connectivity index (χ0) is 15.5. The van der Waals surface area contributed by atoms with Crippen molar-refractivity contribution in [1.29, 1.82) is 0 Å². The predicted molar refractivity (Wildman–Crippen MR) is 89.3 cm³/mol. The molecule has 7 heteroatoms. The summed E-state index contributed by atoms with van der Waals surface area (Å²) in [4.78, 5) is 17.9. The van der Waals surface area contributed by atoms with Crippen molar-refractivity contribution in [3.8, 4) is 0 Å². The summed E-state index contributed by atoms with van der Waals surface area (Å²) in [5.74, 6) is -0.0848. The number of rotatable bonds is 4. The Labute approximate surface area is 137 Å². The first-order valence-corrected chi connectivity index (χ1v) is 9.04. The number of amides is 1. The lowest BCUT2D eigenvalue weighted by Gasteiger charge is -2.36. The molecule has 5 nitrogen and oxygen atoms in total. The molecule has 22 heavy (non-hydrogen) atoms. The molecule has 2 aromatic heterocycles. The lowest BCUT2D eigenvalue weighted by atomic mass is 10.1. The summed E-state index contributed by atoms with van der Waals surface area (Å²) in [7, 11) is 0. The van der Waals surface area contributed by atoms with Crippen LogP contribution in [-0.4, -0.2) is 35.0 Å². The number of hydrogen-bond donors (Lipinski definition) is 1. The van der Waals surface area contributed by atoms with Crippen molar-refractivity contribution in [2.75, 3.05) is 18.4 Å². The van der Waals surface area contributed by atoms with Gasteiger partial charge in [0.15, 0.2) is 5.13 Å². The number of nitrogens with zero attached hydrogens (tertiary/aromatic N) is 2. The summed E-state index contributed by atoms with van der Waals surface area (Å²) in [6.45, 7) is 6.15. The molecule has 1 N–H and O–H groups in total. The molecule has 2 atom stereocenters. The van der Waals surface area contributed by atoms with E-state index < -0.39 is 0 Å². The highest BCUT2D eigenvalue weighted by Crippen LogP contribution is 2.28. The molecular weight excluding hydrogens is 318 g/mol. The van der Waals surface area contributed by atoms with Gasteiger partial charge in [0.2, 0.25) is 5.91 Å². The van der Waals surface area contributed by atoms with Crippen molar-refractivity contribution in [2.45, 2.75) is 32.6 Å². The van der Waals surface area contributed by atoms with E-state index in [-0.39, 0.29) is 18.1 Å². The molecule has 0 spiro atoms. The van der Waals surface area contributed by atoms with Crippen molar-refractivity contribution in [2.24, 2.45) is 0 Å². The average molecular weight is 337 g/mol. The Bertz CT molecular complexity index is 627. The van der Waals surface area contributed by atoms with Crippen LogP contribution in [0.1, 0.15) is 31.2 Å². The minimum Gasteiger partial charge on any atom is -0.368 e. The van der Waals surface area contributed by atoms with Crippen LogP contribution < -0.4 is 5.32 Å². The number of morpholine rings is 1. The van der Waals surface area contributed by atoms with Crippen molar-refractivity contribution in [3.05, 3.63) is 33.5 Å². The second-order valence-corrected chi connectivity index (χ2v) is 7.15. The van der Waals surface area contributed by atoms with E-state index in [0.717, 1.165) is 25.3 Å². The molecule has 0 bridgehead atoms. The molecule has 1 fully saturated rings. The van der Waals surface area contributed by atoms with Gasteiger partial charge < -0.3 is 10.1 Å². The summed E-state index contributed by atoms with van der Waals surface area (Å²) in [5, 5.41) is 9.64. The van der Waals surface area contributed by atoms with Gasteiger partial charge in [-0.15, -0.1) is 11.3 Å². The van der Waals surface area contributed by atoms with Crippen LogP contribution in [0.5, 0.6) is 0 Å². The van der Waals surface area contributed by atoms with Crippen LogP contribution in [0.3, 0.4) is 0 Å². The summed E-state index contributed by atoms with van der Waals surface area (Å²) in [6.07, 6.45) is 0.329. The van der Waals surface area contributed by atoms with Crippen molar-refractivity contribution < 1.29 is 9.53 Å². The second kappa shape index (κ2) is 6.87. The van der Waals surface area contributed by atoms with Gasteiger partial charge in [-0.1, -0.05) is 0 Å². The fourth-order valence-electron chi connectivity index (χ4n) is 2.63. The van der Waals surface area contributed by atoms with Crippen LogP contribution >= 0.6 is 22.7 Å². The Morgan fingerprint density at radius 3 is 3.09 bits per heavy atom. The van der Waals surface area contributed by atoms with Gasteiger partial charge in [0.25, 0.3) is 0 Å². The van der Waals surface area contributed by atoms with Gasteiger partial charge in [-0.05, 0) is 29.3 Å². The first kappa shape index (κ1) is 15.6. The maximum Gasteiger partial charge on any atom is 0.223 e. The van der Waals surface area contributed by atoms with Gasteiger partial charge >= 0.3 is 0 Å². The Morgan fingerprint density at radius 2 is 2.36 bits per heavy atom. The molecule has 1 saturated heterocycles. The minimum absolute atomic E-state index is 0.0848. The highest BCUT2D eigenvalue weighted by molar-refractivity contribution is 7.13. The van der Waals surface area contributed by atoms with Crippen molar-refractivity contribution >= 4 is 33.7 Å². The molecule has 0 radical (unpaired) electrons. The minimum atomic E-state index is -0.0848. The van der Waals surface area contributed by atoms with Crippen LogP contribution in [0.25, 0.3) is 0 Å². The lowest BCUT2D eigenvalue weighted by molar-refractivity contribution is -0.114. The number of anilines is 1. The van der Waals surface area contributed by atoms with Gasteiger partial charge in [-0.25, -0.2) is 4.98 Å². The standard InChI is InChI=1S/C15H19N3O2S2/c1-10-5-18(7-14(20-10)12-3-4-21-8-12)6-13-9-22-15(17-13)16-11(2)19/h3-4,8-10,14H,5-7H2,1-2H3,(H,16,17,19)/t10-,14+/m1/s1. The average Bonchev–Trinajstić information content (AvgIpc) is 3.09. The van der Waals surface area contributed by atoms with E-state index in [1.54, 1.807) is 11.3 Å². The maximum atomic E-state index is 11.1. The third-order valence-electron chi connectivity index (χ3n) is 3.47. The van der Waals surface area contributed by atoms with Crippen molar-refractivity contribution in [1.82, 2.24) is 9.88 Å². The number of hydrogen-bond acceptors (Lipinski definition) is 6. The number of thiophene rings is 1. The SMILES string of the molecule is CC(=O)Nc1nc(CN2C[C@@H](C)O[C@H](c3ccsc3)C2)cs1. The number of thiazole rings is 1. The van der Waals surface area contributed by atoms with E-state index in [0.29, 0.717) is 5.13 Å². The van der Waals surface area contributed by atoms with Crippen LogP contribution in [0, 0.1) is 0 Å². The molecule has 2 aromatic rings. The molecule has 0 aromatic carbocycles. The fourth-order valence-corrected chi connectivity index (χ4v) is 4.08. The van der Waals surface area contributed by atoms with Crippen LogP contribution in [0.2, 0.25) is 0 Å². The normalized spacial score (nSPS) is 22.6. The smallest absolute Gasteiger partial charge is 0.223 e. The predicted octanol–water partition coefficient (Wildman–Crippen LogP) is 3.13. The number of aromatic nitrogens is 1. The third kappa shape index (κ3) is 3.92. The molecule has 118 valence electrons. The number of carbonyl (C=O) groups is 1. The van der Waals surface area contributed by atoms with Gasteiger partial charge in [-0.3, -0.25) is 9.69 Å². The molecule has 0 unspecified atom stereocenters. The molecule has 1 amide bonds. The summed E-state index contributed by atoms with van der Waals surface area (Å²) >= 11 is 3.17. The maximum absolute atomic E-state index is 11.1. The number of ether oxygens (including phenoxy) is 1. The highest BCUT2D eigenvalue weighted by atomic mass is 32.1. The zero-order valence-corrected chi connectivity index (χ0v) is 14.2. The summed E-state index contributed by atoms with van der Waals surface area (Å²) in [6, 6.07) is 2.13. The van der Waals surface area contributed by atoms with Gasteiger partial charge in [0, 0.05) is 31.9 Å². The first-order valence-electron chi connectivity index (χ1n) is 7.22. The number of nitrogens with one attached hydrogen (secondary N) is 1. The monoisotopic (exact) mass is 337 g/mol. The molecule has 0 saturated carbocycles. The first-order chi connectivity index (χ1) is 10.6. The van der Waals surface area contributed by atoms with E-state index in [1.165, 1.54) is 23.8 Å². The molecule has 3 rings (SSSR count). The topological polar surface area (TPSA) is 54.5 Å². The molecular formula is C15H19N3O2S2. The summed E-state index contributed by atoms with van der Waals surface area (Å²) in [5.41, 5.74) is 2.24. The van der Waals surface area contributed by atoms with E-state index >= 15 is 0 Å². The molecule has 1 aliphatic rings. The Balaban J connectivity index is 1.64. The fraction of sp³-hybridized carbons (Fsp3) is 0.467. The lowest BCUT2D eigenvalue weighted by Crippen LogP contribution is -2.42. The van der Waals surface area contributed by atoms with Crippen LogP contribution in [0.4, 0.5) is 5.13 Å². The Kier molecular flexibility index (Phi) is 4.87. The van der Waals surface area contributed by atoms with E-state index in [4.69, 9.17) is 4.74 Å². The second-order valence-electron chi connectivity index (χ2n) is 5.51. The highest BCUT2D eigenvalue weighted by Gasteiger charge is 2.27. The Morgan fingerprint density at radius 1 is 1.50 bits per heavy atom. The molecule has 3 heterocycles. The quantitative estimate of drug-likeness (QED) is 0.931. The van der Waals surface area contributed by atoms with Crippen LogP contribution in [-0.2, 0) is 16.1 Å². The van der Waals surface area contributed by atoms with E-state index in [2.05, 4.69) is 39.0 Å². The van der Waals surface area contributed by atoms with E-state index in [1.807, 2.05) is 5.38 Å². The zero-order valence-electron chi connectivity index (χ0n) is 12.6. The third-order valence-corrected chi connectivity index (χ3v) is 4.98. The van der Waals surface area contributed by atoms with Gasteiger partial charge in [-0.2, -0.15) is 11.3 Å². The molecule has 1 aliphatic heterocycles. The van der Waals surface area contributed by atoms with Crippen LogP contribution in [0.15, 0.2) is 22.2 Å². The van der Waals surface area contributed by atoms with Crippen molar-refractivity contribution in [3.63, 3.8) is 0 Å². The van der Waals surface area contributed by atoms with E-state index in [9.17, 15) is 4.79 Å². The Hall–Kier alpha value is -1.28. The molecule has 0 aliphatic carbocycles. The number of carbonyl (C=O) groups excluding carboxylic acids is 1. The summed E-state index contributed by atoms with van der Waals surface area (Å²) < 4.78 is 6.05. The van der Waals surface area contributed by atoms with Gasteiger partial charge in [0.1, 0.15) is 0 Å². The van der Waals surface area contributed by atoms with Gasteiger partial charge in [0.05, 0.1) is 17.9 Å².